The number of ketones is 1. The zero-order valence-electron chi connectivity index (χ0n) is 19.2. The van der Waals surface area contributed by atoms with Gasteiger partial charge in [0, 0.05) is 30.7 Å². The highest BCUT2D eigenvalue weighted by Crippen LogP contribution is 2.41. The second kappa shape index (κ2) is 9.09. The first-order valence-electron chi connectivity index (χ1n) is 10.9. The van der Waals surface area contributed by atoms with Crippen LogP contribution < -0.4 is 9.47 Å². The normalized spacial score (nSPS) is 14.2. The summed E-state index contributed by atoms with van der Waals surface area (Å²) in [6, 6.07) is 7.08. The SMILES string of the molecule is COCC(C)(C)c1ccc2c(-c3cc(OC)c(C(=O)CC4CC4)c(OC(F)F)c3)cnn2c1. The molecule has 1 fully saturated rings. The summed E-state index contributed by atoms with van der Waals surface area (Å²) >= 11 is 0. The number of hydrogen-bond acceptors (Lipinski definition) is 5. The predicted octanol–water partition coefficient (Wildman–Crippen LogP) is 5.52. The number of halogens is 2. The number of nitrogens with zero attached hydrogens (tertiary/aromatic N) is 2. The van der Waals surface area contributed by atoms with Gasteiger partial charge in [-0.1, -0.05) is 19.9 Å². The fourth-order valence-corrected chi connectivity index (χ4v) is 4.11. The van der Waals surface area contributed by atoms with Crippen molar-refractivity contribution in [2.45, 2.75) is 45.1 Å². The van der Waals surface area contributed by atoms with Crippen molar-refractivity contribution in [2.24, 2.45) is 5.92 Å². The fourth-order valence-electron chi connectivity index (χ4n) is 4.11. The first kappa shape index (κ1) is 23.2. The van der Waals surface area contributed by atoms with E-state index in [1.807, 2.05) is 18.3 Å². The first-order chi connectivity index (χ1) is 15.7. The van der Waals surface area contributed by atoms with E-state index in [4.69, 9.17) is 14.2 Å². The summed E-state index contributed by atoms with van der Waals surface area (Å²) in [5, 5.41) is 4.46. The van der Waals surface area contributed by atoms with Crippen molar-refractivity contribution in [3.05, 3.63) is 47.8 Å². The molecule has 0 aliphatic heterocycles. The third-order valence-electron chi connectivity index (χ3n) is 6.07. The van der Waals surface area contributed by atoms with Crippen molar-refractivity contribution in [3.63, 3.8) is 0 Å². The third kappa shape index (κ3) is 4.85. The minimum absolute atomic E-state index is 0.0634. The van der Waals surface area contributed by atoms with Gasteiger partial charge in [-0.15, -0.1) is 0 Å². The minimum atomic E-state index is -3.06. The van der Waals surface area contributed by atoms with Gasteiger partial charge in [0.2, 0.25) is 0 Å². The molecule has 176 valence electrons. The smallest absolute Gasteiger partial charge is 0.387 e. The summed E-state index contributed by atoms with van der Waals surface area (Å²) in [4.78, 5) is 12.8. The Labute approximate surface area is 191 Å². The first-order valence-corrected chi connectivity index (χ1v) is 10.9. The zero-order chi connectivity index (χ0) is 23.8. The number of pyridine rings is 1. The van der Waals surface area contributed by atoms with E-state index in [9.17, 15) is 13.6 Å². The lowest BCUT2D eigenvalue weighted by Gasteiger charge is -2.24. The molecule has 1 saturated carbocycles. The van der Waals surface area contributed by atoms with Crippen LogP contribution >= 0.6 is 0 Å². The van der Waals surface area contributed by atoms with Gasteiger partial charge in [0.25, 0.3) is 0 Å². The van der Waals surface area contributed by atoms with Crippen LogP contribution in [-0.4, -0.2) is 42.8 Å². The lowest BCUT2D eigenvalue weighted by Crippen LogP contribution is -2.24. The average Bonchev–Trinajstić information content (AvgIpc) is 3.47. The maximum atomic E-state index is 13.2. The number of alkyl halides is 2. The zero-order valence-corrected chi connectivity index (χ0v) is 19.2. The van der Waals surface area contributed by atoms with Crippen LogP contribution in [0.5, 0.6) is 11.5 Å². The molecule has 6 nitrogen and oxygen atoms in total. The highest BCUT2D eigenvalue weighted by Gasteiger charge is 2.30. The summed E-state index contributed by atoms with van der Waals surface area (Å²) in [5.41, 5.74) is 2.98. The average molecular weight is 459 g/mol. The van der Waals surface area contributed by atoms with E-state index in [-0.39, 0.29) is 28.3 Å². The number of carbonyl (C=O) groups excluding carboxylic acids is 1. The predicted molar refractivity (Wildman–Crippen MR) is 120 cm³/mol. The number of hydrogen-bond donors (Lipinski definition) is 0. The monoisotopic (exact) mass is 458 g/mol. The van der Waals surface area contributed by atoms with E-state index < -0.39 is 6.61 Å². The number of carbonyl (C=O) groups is 1. The molecule has 2 aromatic heterocycles. The van der Waals surface area contributed by atoms with Gasteiger partial charge in [-0.25, -0.2) is 4.52 Å². The van der Waals surface area contributed by atoms with Crippen LogP contribution in [0.3, 0.4) is 0 Å². The Morgan fingerprint density at radius 3 is 2.58 bits per heavy atom. The summed E-state index contributed by atoms with van der Waals surface area (Å²) < 4.78 is 43.7. The Balaban J connectivity index is 1.78. The van der Waals surface area contributed by atoms with Gasteiger partial charge in [0.05, 0.1) is 25.4 Å². The highest BCUT2D eigenvalue weighted by atomic mass is 19.3. The molecule has 0 bridgehead atoms. The van der Waals surface area contributed by atoms with Crippen molar-refractivity contribution < 1.29 is 27.8 Å². The molecule has 0 N–H and O–H groups in total. The number of benzene rings is 1. The molecule has 2 heterocycles. The third-order valence-corrected chi connectivity index (χ3v) is 6.07. The van der Waals surface area contributed by atoms with E-state index in [1.54, 1.807) is 23.9 Å². The van der Waals surface area contributed by atoms with Gasteiger partial charge in [0.15, 0.2) is 5.78 Å². The standard InChI is InChI=1S/C25H28F2N2O4/c1-25(2,14-31-3)17-7-8-19-18(12-28-29(19)13-17)16-10-21(32-4)23(20(30)9-15-5-6-15)22(11-16)33-24(26)27/h7-8,10-13,15,24H,5-6,9,14H2,1-4H3. The van der Waals surface area contributed by atoms with Gasteiger partial charge < -0.3 is 14.2 Å². The topological polar surface area (TPSA) is 62.1 Å². The van der Waals surface area contributed by atoms with Crippen molar-refractivity contribution in [3.8, 4) is 22.6 Å². The van der Waals surface area contributed by atoms with Crippen LogP contribution in [0.1, 0.15) is 49.0 Å². The quantitative estimate of drug-likeness (QED) is 0.375. The van der Waals surface area contributed by atoms with E-state index in [1.165, 1.54) is 13.2 Å². The molecule has 0 unspecified atom stereocenters. The Bertz CT molecular complexity index is 1170. The molecule has 0 atom stereocenters. The summed E-state index contributed by atoms with van der Waals surface area (Å²) in [7, 11) is 3.08. The Hall–Kier alpha value is -3.00. The number of rotatable bonds is 10. The van der Waals surface area contributed by atoms with Gasteiger partial charge in [-0.3, -0.25) is 4.79 Å². The summed E-state index contributed by atoms with van der Waals surface area (Å²) in [6.45, 7) is 1.65. The molecular formula is C25H28F2N2O4. The molecule has 0 radical (unpaired) electrons. The van der Waals surface area contributed by atoms with E-state index in [2.05, 4.69) is 18.9 Å². The molecule has 0 amide bonds. The van der Waals surface area contributed by atoms with Crippen LogP contribution in [0.25, 0.3) is 16.6 Å². The summed E-state index contributed by atoms with van der Waals surface area (Å²) in [5.74, 6) is 0.0899. The van der Waals surface area contributed by atoms with Gasteiger partial charge in [0.1, 0.15) is 17.1 Å². The van der Waals surface area contributed by atoms with Crippen LogP contribution in [0.15, 0.2) is 36.7 Å². The number of fused-ring (bicyclic) bond motifs is 1. The molecular weight excluding hydrogens is 430 g/mol. The van der Waals surface area contributed by atoms with Crippen molar-refractivity contribution in [2.75, 3.05) is 20.8 Å². The maximum absolute atomic E-state index is 13.2. The number of Topliss-reactive ketones (excluding diaryl/α,β-unsaturated/α-hetero) is 1. The Morgan fingerprint density at radius 2 is 1.94 bits per heavy atom. The van der Waals surface area contributed by atoms with Crippen LogP contribution in [0, 0.1) is 5.92 Å². The Morgan fingerprint density at radius 1 is 1.21 bits per heavy atom. The molecule has 0 saturated heterocycles. The second-order valence-electron chi connectivity index (χ2n) is 9.12. The van der Waals surface area contributed by atoms with Crippen LogP contribution in [-0.2, 0) is 10.2 Å². The number of ether oxygens (including phenoxy) is 3. The van der Waals surface area contributed by atoms with E-state index in [0.29, 0.717) is 30.1 Å². The van der Waals surface area contributed by atoms with Gasteiger partial charge in [-0.05, 0) is 48.1 Å². The minimum Gasteiger partial charge on any atom is -0.496 e. The lowest BCUT2D eigenvalue weighted by molar-refractivity contribution is -0.0502. The highest BCUT2D eigenvalue weighted by molar-refractivity contribution is 6.02. The number of aromatic nitrogens is 2. The van der Waals surface area contributed by atoms with Crippen molar-refractivity contribution in [1.82, 2.24) is 9.61 Å². The molecule has 8 heteroatoms. The Kier molecular flexibility index (Phi) is 6.38. The molecule has 1 aliphatic rings. The van der Waals surface area contributed by atoms with E-state index in [0.717, 1.165) is 23.9 Å². The largest absolute Gasteiger partial charge is 0.496 e. The maximum Gasteiger partial charge on any atom is 0.387 e. The molecule has 33 heavy (non-hydrogen) atoms. The van der Waals surface area contributed by atoms with Crippen molar-refractivity contribution >= 4 is 11.3 Å². The molecule has 1 aromatic carbocycles. The molecule has 1 aliphatic carbocycles. The number of methoxy groups -OCH3 is 2. The fraction of sp³-hybridized carbons (Fsp3) is 0.440. The summed E-state index contributed by atoms with van der Waals surface area (Å²) in [6.07, 6.45) is 5.84. The molecule has 3 aromatic rings. The van der Waals surface area contributed by atoms with Gasteiger partial charge in [-0.2, -0.15) is 13.9 Å². The molecule has 0 spiro atoms. The van der Waals surface area contributed by atoms with E-state index >= 15 is 0 Å². The molecule has 4 rings (SSSR count). The second-order valence-corrected chi connectivity index (χ2v) is 9.12. The van der Waals surface area contributed by atoms with Gasteiger partial charge >= 0.3 is 6.61 Å². The lowest BCUT2D eigenvalue weighted by atomic mass is 9.86. The van der Waals surface area contributed by atoms with Crippen LogP contribution in [0.2, 0.25) is 0 Å². The van der Waals surface area contributed by atoms with Crippen molar-refractivity contribution in [1.29, 1.82) is 0 Å². The van der Waals surface area contributed by atoms with Crippen LogP contribution in [0.4, 0.5) is 8.78 Å².